The van der Waals surface area contributed by atoms with Crippen molar-refractivity contribution in [3.63, 3.8) is 0 Å². The summed E-state index contributed by atoms with van der Waals surface area (Å²) in [6.45, 7) is 3.28. The number of nitrogens with zero attached hydrogens (tertiary/aromatic N) is 5. The third-order valence-electron chi connectivity index (χ3n) is 5.12. The fourth-order valence-corrected chi connectivity index (χ4v) is 3.53. The molecule has 162 valence electrons. The molecule has 1 aliphatic rings. The van der Waals surface area contributed by atoms with Crippen LogP contribution in [0.2, 0.25) is 0 Å². The number of hydrogen-bond donors (Lipinski definition) is 0. The third-order valence-corrected chi connectivity index (χ3v) is 5.12. The molecule has 0 radical (unpaired) electrons. The Kier molecular flexibility index (Phi) is 5.62. The van der Waals surface area contributed by atoms with Crippen LogP contribution in [0.15, 0.2) is 47.0 Å². The van der Waals surface area contributed by atoms with Gasteiger partial charge in [0.15, 0.2) is 0 Å². The molecule has 1 amide bonds. The third kappa shape index (κ3) is 4.23. The zero-order valence-electron chi connectivity index (χ0n) is 16.8. The molecular weight excluding hydrogens is 411 g/mol. The van der Waals surface area contributed by atoms with Crippen LogP contribution in [0.4, 0.5) is 19.0 Å². The number of hydrogen-bond acceptors (Lipinski definition) is 6. The molecule has 4 rings (SSSR count). The Labute approximate surface area is 176 Å². The summed E-state index contributed by atoms with van der Waals surface area (Å²) in [6.07, 6.45) is -2.33. The van der Waals surface area contributed by atoms with Crippen LogP contribution in [-0.4, -0.2) is 52.2 Å². The van der Waals surface area contributed by atoms with Gasteiger partial charge in [-0.2, -0.15) is 13.2 Å². The van der Waals surface area contributed by atoms with Gasteiger partial charge in [-0.05, 0) is 24.3 Å². The summed E-state index contributed by atoms with van der Waals surface area (Å²) >= 11 is 0. The predicted octanol–water partition coefficient (Wildman–Crippen LogP) is 3.68. The van der Waals surface area contributed by atoms with E-state index in [4.69, 9.17) is 4.42 Å². The highest BCUT2D eigenvalue weighted by atomic mass is 19.4. The van der Waals surface area contributed by atoms with Crippen molar-refractivity contribution >= 4 is 11.7 Å². The molecule has 0 atom stereocenters. The van der Waals surface area contributed by atoms with Crippen molar-refractivity contribution in [1.29, 1.82) is 0 Å². The first-order chi connectivity index (χ1) is 14.9. The summed E-state index contributed by atoms with van der Waals surface area (Å²) in [5.74, 6) is 0.885. The van der Waals surface area contributed by atoms with Crippen LogP contribution in [0.1, 0.15) is 28.7 Å². The number of rotatable bonds is 4. The molecule has 3 heterocycles. The Morgan fingerprint density at radius 2 is 1.81 bits per heavy atom. The number of halogens is 3. The maximum atomic E-state index is 13.3. The second-order valence-corrected chi connectivity index (χ2v) is 7.05. The summed E-state index contributed by atoms with van der Waals surface area (Å²) in [7, 11) is 0. The average molecular weight is 431 g/mol. The van der Waals surface area contributed by atoms with Crippen molar-refractivity contribution in [1.82, 2.24) is 20.1 Å². The standard InChI is InChI=1S/C21H20F3N5O2/c1-2-17-26-27-19(31-17)15-7-5-9-25-18(15)28-10-12-29(13-11-28)20(30)14-6-3-4-8-16(14)21(22,23)24/h3-9H,2,10-13H2,1H3. The molecule has 0 spiro atoms. The Balaban J connectivity index is 1.51. The number of benzene rings is 1. The Bertz CT molecular complexity index is 1070. The molecular formula is C21H20F3N5O2. The molecule has 1 fully saturated rings. The van der Waals surface area contributed by atoms with Gasteiger partial charge in [-0.3, -0.25) is 4.79 Å². The minimum Gasteiger partial charge on any atom is -0.421 e. The van der Waals surface area contributed by atoms with Crippen molar-refractivity contribution in [2.24, 2.45) is 0 Å². The van der Waals surface area contributed by atoms with E-state index in [2.05, 4.69) is 15.2 Å². The lowest BCUT2D eigenvalue weighted by molar-refractivity contribution is -0.138. The van der Waals surface area contributed by atoms with E-state index in [0.717, 1.165) is 6.07 Å². The number of aromatic nitrogens is 3. The number of carbonyl (C=O) groups is 1. The smallest absolute Gasteiger partial charge is 0.417 e. The lowest BCUT2D eigenvalue weighted by atomic mass is 10.1. The number of alkyl halides is 3. The lowest BCUT2D eigenvalue weighted by Gasteiger charge is -2.36. The van der Waals surface area contributed by atoms with Gasteiger partial charge < -0.3 is 14.2 Å². The van der Waals surface area contributed by atoms with E-state index in [-0.39, 0.29) is 18.7 Å². The van der Waals surface area contributed by atoms with Crippen LogP contribution in [0.5, 0.6) is 0 Å². The highest BCUT2D eigenvalue weighted by Gasteiger charge is 2.36. The van der Waals surface area contributed by atoms with Crippen LogP contribution in [0.3, 0.4) is 0 Å². The van der Waals surface area contributed by atoms with E-state index in [9.17, 15) is 18.0 Å². The first kappa shape index (κ1) is 20.8. The van der Waals surface area contributed by atoms with Gasteiger partial charge >= 0.3 is 6.18 Å². The Hall–Kier alpha value is -3.43. The van der Waals surface area contributed by atoms with Gasteiger partial charge in [-0.1, -0.05) is 19.1 Å². The van der Waals surface area contributed by atoms with Gasteiger partial charge in [0.2, 0.25) is 5.89 Å². The van der Waals surface area contributed by atoms with Gasteiger partial charge in [0.1, 0.15) is 5.82 Å². The number of pyridine rings is 1. The first-order valence-corrected chi connectivity index (χ1v) is 9.86. The molecule has 1 aromatic carbocycles. The molecule has 0 bridgehead atoms. The number of anilines is 1. The van der Waals surface area contributed by atoms with Crippen molar-refractivity contribution in [2.75, 3.05) is 31.1 Å². The van der Waals surface area contributed by atoms with Crippen molar-refractivity contribution in [2.45, 2.75) is 19.5 Å². The van der Waals surface area contributed by atoms with Gasteiger partial charge in [0, 0.05) is 38.8 Å². The summed E-state index contributed by atoms with van der Waals surface area (Å²) in [5.41, 5.74) is -0.575. The van der Waals surface area contributed by atoms with Crippen molar-refractivity contribution < 1.29 is 22.4 Å². The molecule has 1 aliphatic heterocycles. The number of aryl methyl sites for hydroxylation is 1. The number of carbonyl (C=O) groups excluding carboxylic acids is 1. The first-order valence-electron chi connectivity index (χ1n) is 9.86. The van der Waals surface area contributed by atoms with Crippen LogP contribution in [0.25, 0.3) is 11.5 Å². The zero-order chi connectivity index (χ0) is 22.0. The van der Waals surface area contributed by atoms with Crippen LogP contribution >= 0.6 is 0 Å². The van der Waals surface area contributed by atoms with E-state index >= 15 is 0 Å². The molecule has 3 aromatic rings. The minimum absolute atomic E-state index is 0.269. The average Bonchev–Trinajstić information content (AvgIpc) is 3.27. The topological polar surface area (TPSA) is 75.4 Å². The predicted molar refractivity (Wildman–Crippen MR) is 106 cm³/mol. The summed E-state index contributed by atoms with van der Waals surface area (Å²) in [6, 6.07) is 8.46. The number of piperazine rings is 1. The molecule has 1 saturated heterocycles. The summed E-state index contributed by atoms with van der Waals surface area (Å²) in [5, 5.41) is 8.06. The number of amides is 1. The second kappa shape index (κ2) is 8.37. The molecule has 0 N–H and O–H groups in total. The summed E-state index contributed by atoms with van der Waals surface area (Å²) < 4.78 is 45.5. The largest absolute Gasteiger partial charge is 0.421 e. The van der Waals surface area contributed by atoms with Crippen molar-refractivity contribution in [3.05, 3.63) is 59.6 Å². The maximum Gasteiger partial charge on any atom is 0.417 e. The van der Waals surface area contributed by atoms with E-state index in [1.807, 2.05) is 17.9 Å². The molecule has 0 unspecified atom stereocenters. The highest BCUT2D eigenvalue weighted by molar-refractivity contribution is 5.96. The van der Waals surface area contributed by atoms with Crippen molar-refractivity contribution in [3.8, 4) is 11.5 Å². The zero-order valence-corrected chi connectivity index (χ0v) is 16.8. The normalized spacial score (nSPS) is 14.7. The van der Waals surface area contributed by atoms with Gasteiger partial charge in [0.25, 0.3) is 11.8 Å². The van der Waals surface area contributed by atoms with Crippen LogP contribution < -0.4 is 4.90 Å². The summed E-state index contributed by atoms with van der Waals surface area (Å²) in [4.78, 5) is 20.6. The van der Waals surface area contributed by atoms with Gasteiger partial charge in [0.05, 0.1) is 16.7 Å². The fraction of sp³-hybridized carbons (Fsp3) is 0.333. The van der Waals surface area contributed by atoms with E-state index in [1.54, 1.807) is 12.3 Å². The lowest BCUT2D eigenvalue weighted by Crippen LogP contribution is -2.49. The monoisotopic (exact) mass is 431 g/mol. The highest BCUT2D eigenvalue weighted by Crippen LogP contribution is 2.33. The molecule has 10 heteroatoms. The van der Waals surface area contributed by atoms with E-state index in [0.29, 0.717) is 42.7 Å². The molecule has 2 aromatic heterocycles. The van der Waals surface area contributed by atoms with Crippen LogP contribution in [-0.2, 0) is 12.6 Å². The molecule has 0 aliphatic carbocycles. The van der Waals surface area contributed by atoms with Gasteiger partial charge in [-0.25, -0.2) is 4.98 Å². The quantitative estimate of drug-likeness (QED) is 0.628. The Morgan fingerprint density at radius 1 is 1.06 bits per heavy atom. The fourth-order valence-electron chi connectivity index (χ4n) is 3.53. The molecule has 0 saturated carbocycles. The molecule has 31 heavy (non-hydrogen) atoms. The molecule has 7 nitrogen and oxygen atoms in total. The van der Waals surface area contributed by atoms with E-state index < -0.39 is 17.6 Å². The van der Waals surface area contributed by atoms with Gasteiger partial charge in [-0.15, -0.1) is 10.2 Å². The minimum atomic E-state index is -4.58. The second-order valence-electron chi connectivity index (χ2n) is 7.05. The van der Waals surface area contributed by atoms with E-state index in [1.165, 1.54) is 23.1 Å². The Morgan fingerprint density at radius 3 is 2.48 bits per heavy atom. The SMILES string of the molecule is CCc1nnc(-c2cccnc2N2CCN(C(=O)c3ccccc3C(F)(F)F)CC2)o1. The maximum absolute atomic E-state index is 13.3. The van der Waals surface area contributed by atoms with Crippen LogP contribution in [0, 0.1) is 0 Å².